The molecule has 19 heavy (non-hydrogen) atoms. The highest BCUT2D eigenvalue weighted by molar-refractivity contribution is 8.00. The topological polar surface area (TPSA) is 80.0 Å². The minimum Gasteiger partial charge on any atom is -0.476 e. The summed E-state index contributed by atoms with van der Waals surface area (Å²) in [5.74, 6) is -1.04. The predicted octanol–water partition coefficient (Wildman–Crippen LogP) is 1.24. The van der Waals surface area contributed by atoms with Gasteiger partial charge in [-0.05, 0) is 19.1 Å². The van der Waals surface area contributed by atoms with Gasteiger partial charge in [-0.1, -0.05) is 18.1 Å². The zero-order valence-corrected chi connectivity index (χ0v) is 11.9. The standard InChI is InChI=1S/C12H20N4O2S/c1-19-12(4-2-3-5-12)9-13-6-7-16-8-10(11(17)18)14-15-16/h8,13H,2-7,9H2,1H3,(H,17,18). The Morgan fingerprint density at radius 2 is 2.32 bits per heavy atom. The second-order valence-electron chi connectivity index (χ2n) is 4.94. The van der Waals surface area contributed by atoms with Gasteiger partial charge < -0.3 is 10.4 Å². The Morgan fingerprint density at radius 1 is 1.58 bits per heavy atom. The molecular formula is C12H20N4O2S. The Balaban J connectivity index is 1.72. The van der Waals surface area contributed by atoms with Crippen molar-refractivity contribution in [1.29, 1.82) is 0 Å². The van der Waals surface area contributed by atoms with Gasteiger partial charge in [-0.3, -0.25) is 4.68 Å². The van der Waals surface area contributed by atoms with Crippen molar-refractivity contribution in [2.24, 2.45) is 0 Å². The van der Waals surface area contributed by atoms with Crippen LogP contribution in [0.15, 0.2) is 6.20 Å². The molecule has 1 aliphatic carbocycles. The molecule has 1 aliphatic rings. The molecule has 1 aromatic rings. The fourth-order valence-corrected chi connectivity index (χ4v) is 3.43. The number of hydrogen-bond donors (Lipinski definition) is 2. The quantitative estimate of drug-likeness (QED) is 0.733. The molecule has 1 aromatic heterocycles. The van der Waals surface area contributed by atoms with Crippen LogP contribution in [0, 0.1) is 0 Å². The van der Waals surface area contributed by atoms with Gasteiger partial charge in [0.25, 0.3) is 0 Å². The summed E-state index contributed by atoms with van der Waals surface area (Å²) in [6.07, 6.45) is 8.87. The van der Waals surface area contributed by atoms with Gasteiger partial charge in [0.05, 0.1) is 12.7 Å². The zero-order chi connectivity index (χ0) is 13.7. The van der Waals surface area contributed by atoms with Crippen LogP contribution in [-0.2, 0) is 6.54 Å². The first-order valence-electron chi connectivity index (χ1n) is 6.54. The van der Waals surface area contributed by atoms with Crippen LogP contribution >= 0.6 is 11.8 Å². The number of aromatic carboxylic acids is 1. The molecule has 106 valence electrons. The summed E-state index contributed by atoms with van der Waals surface area (Å²) in [6.45, 7) is 2.43. The lowest BCUT2D eigenvalue weighted by atomic mass is 10.1. The molecule has 0 atom stereocenters. The number of aromatic nitrogens is 3. The fraction of sp³-hybridized carbons (Fsp3) is 0.750. The molecule has 0 unspecified atom stereocenters. The zero-order valence-electron chi connectivity index (χ0n) is 11.1. The van der Waals surface area contributed by atoms with Crippen molar-refractivity contribution < 1.29 is 9.90 Å². The number of carboxylic acid groups (broad SMARTS) is 1. The summed E-state index contributed by atoms with van der Waals surface area (Å²) in [7, 11) is 0. The van der Waals surface area contributed by atoms with Crippen LogP contribution in [0.5, 0.6) is 0 Å². The summed E-state index contributed by atoms with van der Waals surface area (Å²) in [5.41, 5.74) is -0.00335. The maximum atomic E-state index is 10.7. The number of nitrogens with zero attached hydrogens (tertiary/aromatic N) is 3. The first-order valence-corrected chi connectivity index (χ1v) is 7.77. The number of thioether (sulfide) groups is 1. The normalized spacial score (nSPS) is 17.7. The Morgan fingerprint density at radius 3 is 2.89 bits per heavy atom. The molecule has 1 fully saturated rings. The van der Waals surface area contributed by atoms with Crippen LogP contribution in [0.25, 0.3) is 0 Å². The Kier molecular flexibility index (Phi) is 4.81. The Bertz CT molecular complexity index is 429. The lowest BCUT2D eigenvalue weighted by Gasteiger charge is -2.27. The van der Waals surface area contributed by atoms with Crippen molar-refractivity contribution >= 4 is 17.7 Å². The smallest absolute Gasteiger partial charge is 0.358 e. The molecule has 0 amide bonds. The maximum absolute atomic E-state index is 10.7. The monoisotopic (exact) mass is 284 g/mol. The molecule has 0 bridgehead atoms. The third-order valence-electron chi connectivity index (χ3n) is 3.67. The van der Waals surface area contributed by atoms with E-state index in [0.717, 1.165) is 13.1 Å². The average Bonchev–Trinajstić information content (AvgIpc) is 3.05. The second kappa shape index (κ2) is 6.38. The Hall–Kier alpha value is -1.08. The molecule has 2 rings (SSSR count). The van der Waals surface area contributed by atoms with Crippen LogP contribution in [0.1, 0.15) is 36.2 Å². The predicted molar refractivity (Wildman–Crippen MR) is 74.6 cm³/mol. The van der Waals surface area contributed by atoms with Crippen molar-refractivity contribution in [1.82, 2.24) is 20.3 Å². The van der Waals surface area contributed by atoms with Crippen molar-refractivity contribution in [3.05, 3.63) is 11.9 Å². The molecule has 0 saturated heterocycles. The summed E-state index contributed by atoms with van der Waals surface area (Å²) in [4.78, 5) is 10.7. The van der Waals surface area contributed by atoms with E-state index >= 15 is 0 Å². The third-order valence-corrected chi connectivity index (χ3v) is 5.09. The van der Waals surface area contributed by atoms with Crippen molar-refractivity contribution in [3.63, 3.8) is 0 Å². The van der Waals surface area contributed by atoms with Crippen molar-refractivity contribution in [3.8, 4) is 0 Å². The van der Waals surface area contributed by atoms with E-state index in [4.69, 9.17) is 5.11 Å². The largest absolute Gasteiger partial charge is 0.476 e. The van der Waals surface area contributed by atoms with Gasteiger partial charge in [0.15, 0.2) is 5.69 Å². The summed E-state index contributed by atoms with van der Waals surface area (Å²) >= 11 is 1.96. The van der Waals surface area contributed by atoms with E-state index in [2.05, 4.69) is 21.9 Å². The second-order valence-corrected chi connectivity index (χ2v) is 6.22. The molecule has 0 spiro atoms. The van der Waals surface area contributed by atoms with Crippen LogP contribution < -0.4 is 5.32 Å². The van der Waals surface area contributed by atoms with E-state index in [1.54, 1.807) is 4.68 Å². The molecule has 1 saturated carbocycles. The van der Waals surface area contributed by atoms with E-state index in [9.17, 15) is 4.79 Å². The molecule has 6 nitrogen and oxygen atoms in total. The van der Waals surface area contributed by atoms with Gasteiger partial charge >= 0.3 is 5.97 Å². The molecule has 0 aliphatic heterocycles. The summed E-state index contributed by atoms with van der Waals surface area (Å²) < 4.78 is 1.96. The molecule has 7 heteroatoms. The molecule has 0 aromatic carbocycles. The number of rotatable bonds is 7. The number of carbonyl (C=O) groups is 1. The number of nitrogens with one attached hydrogen (secondary N) is 1. The molecular weight excluding hydrogens is 264 g/mol. The van der Waals surface area contributed by atoms with Gasteiger partial charge in [-0.2, -0.15) is 11.8 Å². The highest BCUT2D eigenvalue weighted by Gasteiger charge is 2.32. The first kappa shape index (κ1) is 14.3. The van der Waals surface area contributed by atoms with Crippen molar-refractivity contribution in [2.75, 3.05) is 19.3 Å². The first-order chi connectivity index (χ1) is 9.15. The van der Waals surface area contributed by atoms with E-state index in [1.165, 1.54) is 31.9 Å². The van der Waals surface area contributed by atoms with E-state index in [-0.39, 0.29) is 5.69 Å². The van der Waals surface area contributed by atoms with Crippen molar-refractivity contribution in [2.45, 2.75) is 37.0 Å². The van der Waals surface area contributed by atoms with Gasteiger partial charge in [0, 0.05) is 17.8 Å². The van der Waals surface area contributed by atoms with E-state index < -0.39 is 5.97 Å². The van der Waals surface area contributed by atoms with Crippen LogP contribution in [-0.4, -0.2) is 50.2 Å². The van der Waals surface area contributed by atoms with Gasteiger partial charge in [0.1, 0.15) is 0 Å². The highest BCUT2D eigenvalue weighted by Crippen LogP contribution is 2.39. The lowest BCUT2D eigenvalue weighted by molar-refractivity contribution is 0.0690. The minimum absolute atomic E-state index is 0.00335. The van der Waals surface area contributed by atoms with Crippen LogP contribution in [0.4, 0.5) is 0 Å². The summed E-state index contributed by atoms with van der Waals surface area (Å²) in [6, 6.07) is 0. The average molecular weight is 284 g/mol. The summed E-state index contributed by atoms with van der Waals surface area (Å²) in [5, 5.41) is 19.6. The van der Waals surface area contributed by atoms with Gasteiger partial charge in [0.2, 0.25) is 0 Å². The van der Waals surface area contributed by atoms with Crippen LogP contribution in [0.3, 0.4) is 0 Å². The minimum atomic E-state index is -1.04. The lowest BCUT2D eigenvalue weighted by Crippen LogP contribution is -2.36. The van der Waals surface area contributed by atoms with E-state index in [0.29, 0.717) is 11.3 Å². The molecule has 2 N–H and O–H groups in total. The third kappa shape index (κ3) is 3.70. The van der Waals surface area contributed by atoms with Gasteiger partial charge in [-0.15, -0.1) is 5.10 Å². The fourth-order valence-electron chi connectivity index (χ4n) is 2.49. The number of hydrogen-bond acceptors (Lipinski definition) is 5. The number of carboxylic acids is 1. The Labute approximate surface area is 116 Å². The van der Waals surface area contributed by atoms with Crippen LogP contribution in [0.2, 0.25) is 0 Å². The highest BCUT2D eigenvalue weighted by atomic mass is 32.2. The van der Waals surface area contributed by atoms with E-state index in [1.807, 2.05) is 11.8 Å². The maximum Gasteiger partial charge on any atom is 0.358 e. The van der Waals surface area contributed by atoms with Gasteiger partial charge in [-0.25, -0.2) is 4.79 Å². The molecule has 0 radical (unpaired) electrons. The SMILES string of the molecule is CSC1(CNCCn2cc(C(=O)O)nn2)CCCC1. The molecule has 1 heterocycles.